The Bertz CT molecular complexity index is 511. The van der Waals surface area contributed by atoms with Gasteiger partial charge in [0.15, 0.2) is 0 Å². The predicted molar refractivity (Wildman–Crippen MR) is 61.5 cm³/mol. The lowest BCUT2D eigenvalue weighted by atomic mass is 10.2. The van der Waals surface area contributed by atoms with Crippen LogP contribution in [-0.2, 0) is 6.42 Å². The number of aryl methyl sites for hydroxylation is 2. The molecule has 2 aromatic rings. The van der Waals surface area contributed by atoms with E-state index in [4.69, 9.17) is 16.6 Å². The van der Waals surface area contributed by atoms with Crippen LogP contribution >= 0.6 is 23.6 Å². The van der Waals surface area contributed by atoms with Crippen molar-refractivity contribution in [1.29, 1.82) is 0 Å². The number of hydrogen-bond acceptors (Lipinski definition) is 5. The van der Waals surface area contributed by atoms with Gasteiger partial charge < -0.3 is 4.42 Å². The third-order valence-electron chi connectivity index (χ3n) is 1.92. The van der Waals surface area contributed by atoms with E-state index in [1.54, 1.807) is 11.3 Å². The van der Waals surface area contributed by atoms with Gasteiger partial charge in [0.1, 0.15) is 4.88 Å². The molecular weight excluding hydrogens is 230 g/mol. The van der Waals surface area contributed by atoms with Crippen molar-refractivity contribution in [1.82, 2.24) is 15.2 Å². The van der Waals surface area contributed by atoms with Crippen molar-refractivity contribution in [3.8, 4) is 10.8 Å². The molecule has 0 amide bonds. The van der Waals surface area contributed by atoms with Gasteiger partial charge in [-0.15, -0.1) is 16.4 Å². The van der Waals surface area contributed by atoms with Crippen LogP contribution in [0.2, 0.25) is 0 Å². The summed E-state index contributed by atoms with van der Waals surface area (Å²) in [6.45, 7) is 4.10. The fourth-order valence-electron chi connectivity index (χ4n) is 1.37. The first kappa shape index (κ1) is 10.5. The first-order valence-electron chi connectivity index (χ1n) is 4.73. The zero-order valence-corrected chi connectivity index (χ0v) is 10.2. The maximum atomic E-state index is 5.29. The number of rotatable bonds is 3. The van der Waals surface area contributed by atoms with E-state index >= 15 is 0 Å². The Kier molecular flexibility index (Phi) is 2.97. The summed E-state index contributed by atoms with van der Waals surface area (Å²) < 4.78 is 5.29. The fourth-order valence-corrected chi connectivity index (χ4v) is 2.39. The van der Waals surface area contributed by atoms with Gasteiger partial charge in [-0.3, -0.25) is 0 Å². The molecule has 0 atom stereocenters. The van der Waals surface area contributed by atoms with Crippen molar-refractivity contribution in [3.05, 3.63) is 15.5 Å². The van der Waals surface area contributed by atoms with Crippen LogP contribution in [0, 0.1) is 11.8 Å². The standard InChI is InChI=1S/C9H11N3OS2/c1-3-4-6-7(15-5(2)10-6)8-11-12-9(14)13-8/h3-4H2,1-2H3,(H,12,14). The Balaban J connectivity index is 2.46. The monoisotopic (exact) mass is 241 g/mol. The van der Waals surface area contributed by atoms with E-state index in [9.17, 15) is 0 Å². The quantitative estimate of drug-likeness (QED) is 0.839. The van der Waals surface area contributed by atoms with Crippen LogP contribution in [0.1, 0.15) is 24.0 Å². The smallest absolute Gasteiger partial charge is 0.284 e. The lowest BCUT2D eigenvalue weighted by Gasteiger charge is -1.93. The highest BCUT2D eigenvalue weighted by molar-refractivity contribution is 7.71. The van der Waals surface area contributed by atoms with Gasteiger partial charge >= 0.3 is 0 Å². The summed E-state index contributed by atoms with van der Waals surface area (Å²) in [5.74, 6) is 0.550. The molecule has 0 saturated carbocycles. The minimum atomic E-state index is 0.304. The molecular formula is C9H11N3OS2. The Labute approximate surface area is 96.4 Å². The number of aromatic amines is 1. The molecule has 15 heavy (non-hydrogen) atoms. The average Bonchev–Trinajstić information content (AvgIpc) is 2.73. The summed E-state index contributed by atoms with van der Waals surface area (Å²) >= 11 is 6.43. The minimum Gasteiger partial charge on any atom is -0.408 e. The Morgan fingerprint density at radius 1 is 1.53 bits per heavy atom. The van der Waals surface area contributed by atoms with Gasteiger partial charge in [0.2, 0.25) is 0 Å². The Morgan fingerprint density at radius 2 is 2.33 bits per heavy atom. The second-order valence-corrected chi connectivity index (χ2v) is 4.75. The van der Waals surface area contributed by atoms with E-state index in [1.807, 2.05) is 6.92 Å². The minimum absolute atomic E-state index is 0.304. The van der Waals surface area contributed by atoms with E-state index in [2.05, 4.69) is 22.1 Å². The molecule has 0 bridgehead atoms. The summed E-state index contributed by atoms with van der Waals surface area (Å²) in [5.41, 5.74) is 1.05. The van der Waals surface area contributed by atoms with Crippen molar-refractivity contribution in [3.63, 3.8) is 0 Å². The summed E-state index contributed by atoms with van der Waals surface area (Å²) in [5, 5.41) is 7.67. The lowest BCUT2D eigenvalue weighted by Crippen LogP contribution is -1.87. The van der Waals surface area contributed by atoms with Crippen molar-refractivity contribution in [2.75, 3.05) is 0 Å². The molecule has 0 unspecified atom stereocenters. The molecule has 0 radical (unpaired) electrons. The number of H-pyrrole nitrogens is 1. The molecule has 80 valence electrons. The second-order valence-electron chi connectivity index (χ2n) is 3.18. The van der Waals surface area contributed by atoms with Gasteiger partial charge in [0, 0.05) is 0 Å². The molecule has 0 aliphatic carbocycles. The summed E-state index contributed by atoms with van der Waals surface area (Å²) in [4.78, 5) is 5.75. The summed E-state index contributed by atoms with van der Waals surface area (Å²) in [6, 6.07) is 0. The van der Waals surface area contributed by atoms with E-state index in [-0.39, 0.29) is 0 Å². The molecule has 1 N–H and O–H groups in total. The molecule has 0 fully saturated rings. The predicted octanol–water partition coefficient (Wildman–Crippen LogP) is 3.12. The van der Waals surface area contributed by atoms with Crippen LogP contribution < -0.4 is 0 Å². The van der Waals surface area contributed by atoms with Gasteiger partial charge in [-0.1, -0.05) is 13.3 Å². The van der Waals surface area contributed by atoms with Gasteiger partial charge in [-0.2, -0.15) is 0 Å². The zero-order chi connectivity index (χ0) is 10.8. The van der Waals surface area contributed by atoms with Crippen LogP contribution in [0.3, 0.4) is 0 Å². The van der Waals surface area contributed by atoms with Gasteiger partial charge in [-0.05, 0) is 25.6 Å². The SMILES string of the molecule is CCCc1nc(C)sc1-c1n[nH]c(=S)o1. The molecule has 2 heterocycles. The molecule has 4 nitrogen and oxygen atoms in total. The number of nitrogens with one attached hydrogen (secondary N) is 1. The van der Waals surface area contributed by atoms with E-state index in [0.717, 1.165) is 28.4 Å². The van der Waals surface area contributed by atoms with Crippen LogP contribution in [0.15, 0.2) is 4.42 Å². The third-order valence-corrected chi connectivity index (χ3v) is 3.10. The Hall–Kier alpha value is -1.01. The maximum Gasteiger partial charge on any atom is 0.284 e. The molecule has 0 aromatic carbocycles. The highest BCUT2D eigenvalue weighted by Gasteiger charge is 2.14. The normalized spacial score (nSPS) is 10.8. The third kappa shape index (κ3) is 2.15. The number of hydrogen-bond donors (Lipinski definition) is 1. The average molecular weight is 241 g/mol. The van der Waals surface area contributed by atoms with E-state index in [1.165, 1.54) is 0 Å². The first-order valence-corrected chi connectivity index (χ1v) is 5.95. The van der Waals surface area contributed by atoms with Crippen LogP contribution in [0.25, 0.3) is 10.8 Å². The van der Waals surface area contributed by atoms with Crippen molar-refractivity contribution in [2.45, 2.75) is 26.7 Å². The Morgan fingerprint density at radius 3 is 2.93 bits per heavy atom. The van der Waals surface area contributed by atoms with Crippen molar-refractivity contribution >= 4 is 23.6 Å². The lowest BCUT2D eigenvalue weighted by molar-refractivity contribution is 0.552. The largest absolute Gasteiger partial charge is 0.408 e. The summed E-state index contributed by atoms with van der Waals surface area (Å²) in [6.07, 6.45) is 2.00. The van der Waals surface area contributed by atoms with Gasteiger partial charge in [-0.25, -0.2) is 10.1 Å². The summed E-state index contributed by atoms with van der Waals surface area (Å²) in [7, 11) is 0. The molecule has 0 aliphatic heterocycles. The maximum absolute atomic E-state index is 5.29. The number of aromatic nitrogens is 3. The van der Waals surface area contributed by atoms with E-state index < -0.39 is 0 Å². The topological polar surface area (TPSA) is 54.7 Å². The van der Waals surface area contributed by atoms with Gasteiger partial charge in [0.25, 0.3) is 10.7 Å². The van der Waals surface area contributed by atoms with Crippen molar-refractivity contribution in [2.24, 2.45) is 0 Å². The fraction of sp³-hybridized carbons (Fsp3) is 0.444. The molecule has 6 heteroatoms. The van der Waals surface area contributed by atoms with Crippen LogP contribution in [-0.4, -0.2) is 15.2 Å². The number of nitrogens with zero attached hydrogens (tertiary/aromatic N) is 2. The molecule has 0 saturated heterocycles. The molecule has 2 aromatic heterocycles. The second kappa shape index (κ2) is 4.24. The molecule has 2 rings (SSSR count). The molecule has 0 spiro atoms. The molecule has 0 aliphatic rings. The number of thiazole rings is 1. The highest BCUT2D eigenvalue weighted by Crippen LogP contribution is 2.29. The van der Waals surface area contributed by atoms with E-state index in [0.29, 0.717) is 10.7 Å². The zero-order valence-electron chi connectivity index (χ0n) is 8.53. The first-order chi connectivity index (χ1) is 7.20. The van der Waals surface area contributed by atoms with Crippen LogP contribution in [0.4, 0.5) is 0 Å². The van der Waals surface area contributed by atoms with Crippen molar-refractivity contribution < 1.29 is 4.42 Å². The van der Waals surface area contributed by atoms with Crippen LogP contribution in [0.5, 0.6) is 0 Å². The highest BCUT2D eigenvalue weighted by atomic mass is 32.1. The van der Waals surface area contributed by atoms with Gasteiger partial charge in [0.05, 0.1) is 10.7 Å².